The number of nitrogens with one attached hydrogen (secondary N) is 2. The zero-order valence-corrected chi connectivity index (χ0v) is 12.3. The van der Waals surface area contributed by atoms with Crippen LogP contribution < -0.4 is 5.43 Å². The van der Waals surface area contributed by atoms with Gasteiger partial charge in [0.25, 0.3) is 5.91 Å². The molecule has 0 spiro atoms. The van der Waals surface area contributed by atoms with Crippen molar-refractivity contribution in [3.63, 3.8) is 0 Å². The van der Waals surface area contributed by atoms with Gasteiger partial charge in [0.1, 0.15) is 0 Å². The van der Waals surface area contributed by atoms with Crippen LogP contribution in [-0.4, -0.2) is 17.1 Å². The first kappa shape index (κ1) is 14.1. The molecule has 4 nitrogen and oxygen atoms in total. The third-order valence-electron chi connectivity index (χ3n) is 3.62. The van der Waals surface area contributed by atoms with Gasteiger partial charge in [-0.1, -0.05) is 55.5 Å². The maximum Gasteiger partial charge on any atom is 0.273 e. The molecule has 0 unspecified atom stereocenters. The Balaban J connectivity index is 1.69. The second kappa shape index (κ2) is 6.26. The molecule has 2 aromatic carbocycles. The van der Waals surface area contributed by atoms with Gasteiger partial charge in [-0.25, -0.2) is 5.43 Å². The smallest absolute Gasteiger partial charge is 0.273 e. The lowest BCUT2D eigenvalue weighted by Gasteiger charge is -2.05. The van der Waals surface area contributed by atoms with Crippen LogP contribution >= 0.6 is 0 Å². The van der Waals surface area contributed by atoms with Crippen LogP contribution in [0, 0.1) is 0 Å². The fourth-order valence-corrected chi connectivity index (χ4v) is 2.37. The highest BCUT2D eigenvalue weighted by atomic mass is 16.2. The van der Waals surface area contributed by atoms with E-state index in [1.54, 1.807) is 12.4 Å². The molecule has 0 aliphatic rings. The molecule has 4 heteroatoms. The number of fused-ring (bicyclic) bond motifs is 1. The summed E-state index contributed by atoms with van der Waals surface area (Å²) in [6.45, 7) is 2.04. The van der Waals surface area contributed by atoms with Crippen molar-refractivity contribution in [3.05, 3.63) is 71.9 Å². The lowest BCUT2D eigenvalue weighted by atomic mass is 10.0. The van der Waals surface area contributed by atoms with Gasteiger partial charge in [-0.3, -0.25) is 4.79 Å². The number of carbonyl (C=O) groups is 1. The summed E-state index contributed by atoms with van der Waals surface area (Å²) >= 11 is 0. The molecule has 110 valence electrons. The molecule has 1 atom stereocenters. The normalized spacial score (nSPS) is 12.6. The first-order valence-corrected chi connectivity index (χ1v) is 7.20. The summed E-state index contributed by atoms with van der Waals surface area (Å²) in [6, 6.07) is 17.7. The number of amides is 1. The summed E-state index contributed by atoms with van der Waals surface area (Å²) < 4.78 is 0. The van der Waals surface area contributed by atoms with Gasteiger partial charge >= 0.3 is 0 Å². The largest absolute Gasteiger partial charge is 0.360 e. The van der Waals surface area contributed by atoms with E-state index in [1.807, 2.05) is 61.5 Å². The van der Waals surface area contributed by atoms with E-state index in [2.05, 4.69) is 15.5 Å². The van der Waals surface area contributed by atoms with Gasteiger partial charge in [-0.05, 0) is 11.6 Å². The van der Waals surface area contributed by atoms with Crippen LogP contribution in [0.4, 0.5) is 0 Å². The number of hydrogen-bond donors (Lipinski definition) is 2. The second-order valence-electron chi connectivity index (χ2n) is 5.17. The van der Waals surface area contributed by atoms with Gasteiger partial charge in [0.05, 0.1) is 5.56 Å². The van der Waals surface area contributed by atoms with Crippen molar-refractivity contribution in [2.45, 2.75) is 12.8 Å². The van der Waals surface area contributed by atoms with Crippen molar-refractivity contribution >= 4 is 23.0 Å². The zero-order valence-electron chi connectivity index (χ0n) is 12.3. The Morgan fingerprint density at radius 1 is 1.14 bits per heavy atom. The highest BCUT2D eigenvalue weighted by Crippen LogP contribution is 2.17. The predicted molar refractivity (Wildman–Crippen MR) is 89.1 cm³/mol. The molecule has 0 fully saturated rings. The van der Waals surface area contributed by atoms with Gasteiger partial charge in [0.15, 0.2) is 0 Å². The highest BCUT2D eigenvalue weighted by molar-refractivity contribution is 6.06. The number of rotatable bonds is 4. The number of nitrogens with zero attached hydrogens (tertiary/aromatic N) is 1. The Labute approximate surface area is 128 Å². The first-order valence-electron chi connectivity index (χ1n) is 7.20. The van der Waals surface area contributed by atoms with Crippen LogP contribution in [0.5, 0.6) is 0 Å². The van der Waals surface area contributed by atoms with Crippen molar-refractivity contribution in [2.24, 2.45) is 5.10 Å². The predicted octanol–water partition coefficient (Wildman–Crippen LogP) is 3.69. The number of para-hydroxylation sites is 1. The topological polar surface area (TPSA) is 57.2 Å². The van der Waals surface area contributed by atoms with Crippen LogP contribution in [-0.2, 0) is 0 Å². The van der Waals surface area contributed by atoms with Crippen LogP contribution in [0.3, 0.4) is 0 Å². The Morgan fingerprint density at radius 3 is 2.68 bits per heavy atom. The zero-order chi connectivity index (χ0) is 15.4. The molecule has 2 N–H and O–H groups in total. The minimum atomic E-state index is -0.214. The molecule has 0 saturated carbocycles. The van der Waals surface area contributed by atoms with Gasteiger partial charge in [0, 0.05) is 29.2 Å². The minimum Gasteiger partial charge on any atom is -0.360 e. The summed E-state index contributed by atoms with van der Waals surface area (Å²) in [5, 5.41) is 4.97. The maximum atomic E-state index is 12.2. The molecule has 1 amide bonds. The number of H-pyrrole nitrogens is 1. The molecular weight excluding hydrogens is 274 g/mol. The van der Waals surface area contributed by atoms with Crippen LogP contribution in [0.2, 0.25) is 0 Å². The van der Waals surface area contributed by atoms with Gasteiger partial charge < -0.3 is 4.98 Å². The summed E-state index contributed by atoms with van der Waals surface area (Å²) in [6.07, 6.45) is 3.44. The molecular formula is C18H17N3O. The van der Waals surface area contributed by atoms with E-state index < -0.39 is 0 Å². The highest BCUT2D eigenvalue weighted by Gasteiger charge is 2.10. The lowest BCUT2D eigenvalue weighted by molar-refractivity contribution is 0.0956. The standard InChI is InChI=1S/C18H17N3O/c1-13(14-7-3-2-4-8-14)11-20-21-18(22)16-12-19-17-10-6-5-9-15(16)17/h2-13,19H,1H3,(H,21,22)/b20-11-/t13-/m1/s1. The molecule has 1 heterocycles. The molecule has 1 aromatic heterocycles. The molecule has 0 saturated heterocycles. The molecule has 0 bridgehead atoms. The number of aromatic amines is 1. The average Bonchev–Trinajstić information content (AvgIpc) is 2.99. The molecule has 22 heavy (non-hydrogen) atoms. The van der Waals surface area contributed by atoms with Crippen molar-refractivity contribution < 1.29 is 4.79 Å². The Kier molecular flexibility index (Phi) is 4.01. The third kappa shape index (κ3) is 2.91. The van der Waals surface area contributed by atoms with E-state index in [0.717, 1.165) is 16.5 Å². The summed E-state index contributed by atoms with van der Waals surface area (Å²) in [5.74, 6) is -0.0709. The van der Waals surface area contributed by atoms with Gasteiger partial charge in [-0.15, -0.1) is 0 Å². The second-order valence-corrected chi connectivity index (χ2v) is 5.17. The fraction of sp³-hybridized carbons (Fsp3) is 0.111. The fourth-order valence-electron chi connectivity index (χ4n) is 2.37. The van der Waals surface area contributed by atoms with Gasteiger partial charge in [0.2, 0.25) is 0 Å². The third-order valence-corrected chi connectivity index (χ3v) is 3.62. The molecule has 3 aromatic rings. The van der Waals surface area contributed by atoms with Crippen molar-refractivity contribution in [2.75, 3.05) is 0 Å². The van der Waals surface area contributed by atoms with Crippen LogP contribution in [0.1, 0.15) is 28.8 Å². The van der Waals surface area contributed by atoms with Crippen LogP contribution in [0.15, 0.2) is 65.9 Å². The Hall–Kier alpha value is -2.88. The average molecular weight is 291 g/mol. The molecule has 3 rings (SSSR count). The summed E-state index contributed by atoms with van der Waals surface area (Å²) in [7, 11) is 0. The Bertz CT molecular complexity index is 805. The molecule has 0 radical (unpaired) electrons. The number of carbonyl (C=O) groups excluding carboxylic acids is 1. The number of hydrazone groups is 1. The first-order chi connectivity index (χ1) is 10.8. The van der Waals surface area contributed by atoms with E-state index in [1.165, 1.54) is 0 Å². The van der Waals surface area contributed by atoms with E-state index in [0.29, 0.717) is 5.56 Å². The van der Waals surface area contributed by atoms with Crippen molar-refractivity contribution in [1.29, 1.82) is 0 Å². The van der Waals surface area contributed by atoms with E-state index >= 15 is 0 Å². The van der Waals surface area contributed by atoms with E-state index in [9.17, 15) is 4.79 Å². The quantitative estimate of drug-likeness (QED) is 0.559. The van der Waals surface area contributed by atoms with Crippen LogP contribution in [0.25, 0.3) is 10.9 Å². The molecule has 0 aliphatic carbocycles. The monoisotopic (exact) mass is 291 g/mol. The van der Waals surface area contributed by atoms with Crippen molar-refractivity contribution in [1.82, 2.24) is 10.4 Å². The van der Waals surface area contributed by atoms with E-state index in [-0.39, 0.29) is 11.8 Å². The Morgan fingerprint density at radius 2 is 1.86 bits per heavy atom. The minimum absolute atomic E-state index is 0.143. The van der Waals surface area contributed by atoms with Crippen molar-refractivity contribution in [3.8, 4) is 0 Å². The summed E-state index contributed by atoms with van der Waals surface area (Å²) in [4.78, 5) is 15.3. The number of benzene rings is 2. The molecule has 0 aliphatic heterocycles. The number of aromatic nitrogens is 1. The summed E-state index contributed by atoms with van der Waals surface area (Å²) in [5.41, 5.74) is 5.28. The SMILES string of the molecule is C[C@H](/C=N\NC(=O)c1c[nH]c2ccccc12)c1ccccc1. The number of hydrogen-bond acceptors (Lipinski definition) is 2. The van der Waals surface area contributed by atoms with E-state index in [4.69, 9.17) is 0 Å². The maximum absolute atomic E-state index is 12.2. The van der Waals surface area contributed by atoms with Gasteiger partial charge in [-0.2, -0.15) is 5.10 Å². The lowest BCUT2D eigenvalue weighted by Crippen LogP contribution is -2.17.